The predicted molar refractivity (Wildman–Crippen MR) is 103 cm³/mol. The number of anilines is 1. The number of ether oxygens (including phenoxy) is 1. The smallest absolute Gasteiger partial charge is 0.263 e. The highest BCUT2D eigenvalue weighted by Crippen LogP contribution is 2.25. The summed E-state index contributed by atoms with van der Waals surface area (Å²) in [5.41, 5.74) is 0.382. The lowest BCUT2D eigenvalue weighted by molar-refractivity contribution is -0.140. The van der Waals surface area contributed by atoms with Crippen LogP contribution in [0.5, 0.6) is 11.5 Å². The van der Waals surface area contributed by atoms with Gasteiger partial charge in [0, 0.05) is 19.0 Å². The normalized spacial score (nSPS) is 15.7. The van der Waals surface area contributed by atoms with Gasteiger partial charge >= 0.3 is 0 Å². The van der Waals surface area contributed by atoms with Crippen LogP contribution in [0.25, 0.3) is 0 Å². The molecule has 148 valence electrons. The zero-order chi connectivity index (χ0) is 20.1. The van der Waals surface area contributed by atoms with Crippen molar-refractivity contribution < 1.29 is 23.8 Å². The molecule has 0 bridgehead atoms. The molecule has 6 nitrogen and oxygen atoms in total. The molecule has 28 heavy (non-hydrogen) atoms. The lowest BCUT2D eigenvalue weighted by atomic mass is 9.95. The Morgan fingerprint density at radius 3 is 2.43 bits per heavy atom. The van der Waals surface area contributed by atoms with Crippen LogP contribution in [0, 0.1) is 11.7 Å². The van der Waals surface area contributed by atoms with Crippen LogP contribution in [0.4, 0.5) is 10.1 Å². The van der Waals surface area contributed by atoms with Gasteiger partial charge in [-0.2, -0.15) is 0 Å². The van der Waals surface area contributed by atoms with Crippen molar-refractivity contribution in [3.8, 4) is 11.5 Å². The Morgan fingerprint density at radius 1 is 1.14 bits per heavy atom. The summed E-state index contributed by atoms with van der Waals surface area (Å²) in [7, 11) is 0. The fourth-order valence-electron chi connectivity index (χ4n) is 3.20. The van der Waals surface area contributed by atoms with Crippen LogP contribution in [-0.2, 0) is 9.59 Å². The van der Waals surface area contributed by atoms with E-state index in [1.165, 1.54) is 30.3 Å². The summed E-state index contributed by atoms with van der Waals surface area (Å²) in [6.07, 6.45) is 0.375. The van der Waals surface area contributed by atoms with Crippen molar-refractivity contribution in [2.24, 2.45) is 5.92 Å². The zero-order valence-corrected chi connectivity index (χ0v) is 15.6. The molecule has 2 aromatic carbocycles. The van der Waals surface area contributed by atoms with Crippen molar-refractivity contribution in [3.63, 3.8) is 0 Å². The molecule has 1 heterocycles. The van der Waals surface area contributed by atoms with Gasteiger partial charge < -0.3 is 20.1 Å². The zero-order valence-electron chi connectivity index (χ0n) is 15.6. The Labute approximate surface area is 162 Å². The second-order valence-electron chi connectivity index (χ2n) is 6.82. The molecule has 0 saturated carbocycles. The summed E-state index contributed by atoms with van der Waals surface area (Å²) in [5, 5.41) is 12.5. The van der Waals surface area contributed by atoms with Crippen molar-refractivity contribution in [1.29, 1.82) is 0 Å². The predicted octanol–water partition coefficient (Wildman–Crippen LogP) is 3.18. The summed E-state index contributed by atoms with van der Waals surface area (Å²) >= 11 is 0. The molecule has 0 spiro atoms. The third-order valence-corrected chi connectivity index (χ3v) is 4.81. The van der Waals surface area contributed by atoms with Gasteiger partial charge in [-0.15, -0.1) is 0 Å². The molecule has 1 atom stereocenters. The van der Waals surface area contributed by atoms with Crippen LogP contribution in [0.1, 0.15) is 19.8 Å². The molecule has 3 rings (SSSR count). The quantitative estimate of drug-likeness (QED) is 0.774. The van der Waals surface area contributed by atoms with Gasteiger partial charge in [-0.05, 0) is 56.2 Å². The Balaban J connectivity index is 1.50. The standard InChI is InChI=1S/C21H23FN2O4/c1-14(28-17-8-6-16(22)7-9-17)21(27)24-12-10-15(11-13-24)20(26)23-18-4-2-3-5-19(18)25/h2-9,14-15,25H,10-13H2,1H3,(H,23,26). The molecule has 1 unspecified atom stereocenters. The first-order chi connectivity index (χ1) is 13.4. The number of halogens is 1. The van der Waals surface area contributed by atoms with Gasteiger partial charge in [0.1, 0.15) is 17.3 Å². The van der Waals surface area contributed by atoms with Gasteiger partial charge in [0.2, 0.25) is 5.91 Å². The van der Waals surface area contributed by atoms with Gasteiger partial charge in [-0.3, -0.25) is 9.59 Å². The third-order valence-electron chi connectivity index (χ3n) is 4.81. The second kappa shape index (κ2) is 8.73. The molecule has 2 N–H and O–H groups in total. The minimum atomic E-state index is -0.697. The maximum absolute atomic E-state index is 13.0. The van der Waals surface area contributed by atoms with Gasteiger partial charge in [0.25, 0.3) is 5.91 Å². The largest absolute Gasteiger partial charge is 0.506 e. The Kier molecular flexibility index (Phi) is 6.13. The fourth-order valence-corrected chi connectivity index (χ4v) is 3.20. The molecule has 1 aliphatic heterocycles. The lowest BCUT2D eigenvalue weighted by Crippen LogP contribution is -2.46. The van der Waals surface area contributed by atoms with E-state index in [1.807, 2.05) is 0 Å². The van der Waals surface area contributed by atoms with Crippen LogP contribution in [0.3, 0.4) is 0 Å². The van der Waals surface area contributed by atoms with Crippen molar-refractivity contribution in [1.82, 2.24) is 4.90 Å². The van der Waals surface area contributed by atoms with E-state index in [0.717, 1.165) is 0 Å². The number of nitrogens with one attached hydrogen (secondary N) is 1. The van der Waals surface area contributed by atoms with E-state index in [-0.39, 0.29) is 29.3 Å². The number of piperidine rings is 1. The number of phenols is 1. The highest BCUT2D eigenvalue weighted by atomic mass is 19.1. The number of carbonyl (C=O) groups excluding carboxylic acids is 2. The minimum Gasteiger partial charge on any atom is -0.506 e. The third kappa shape index (κ3) is 4.79. The topological polar surface area (TPSA) is 78.9 Å². The summed E-state index contributed by atoms with van der Waals surface area (Å²) < 4.78 is 18.5. The number of likely N-dealkylation sites (tertiary alicyclic amines) is 1. The number of benzene rings is 2. The van der Waals surface area contributed by atoms with Crippen LogP contribution in [-0.4, -0.2) is 41.0 Å². The van der Waals surface area contributed by atoms with Crippen LogP contribution in [0.2, 0.25) is 0 Å². The Bertz CT molecular complexity index is 833. The monoisotopic (exact) mass is 386 g/mol. The summed E-state index contributed by atoms with van der Waals surface area (Å²) in [5.74, 6) is -0.463. The SMILES string of the molecule is CC(Oc1ccc(F)cc1)C(=O)N1CCC(C(=O)Nc2ccccc2O)CC1. The van der Waals surface area contributed by atoms with E-state index in [4.69, 9.17) is 4.74 Å². The maximum atomic E-state index is 13.0. The first kappa shape index (κ1) is 19.7. The lowest BCUT2D eigenvalue weighted by Gasteiger charge is -2.33. The van der Waals surface area contributed by atoms with Crippen LogP contribution in [0.15, 0.2) is 48.5 Å². The molecule has 0 radical (unpaired) electrons. The summed E-state index contributed by atoms with van der Waals surface area (Å²) in [6.45, 7) is 2.56. The molecule has 0 aliphatic carbocycles. The molecule has 7 heteroatoms. The molecular weight excluding hydrogens is 363 g/mol. The van der Waals surface area contributed by atoms with E-state index in [0.29, 0.717) is 37.4 Å². The fraction of sp³-hybridized carbons (Fsp3) is 0.333. The number of rotatable bonds is 5. The van der Waals surface area contributed by atoms with E-state index in [2.05, 4.69) is 5.32 Å². The number of nitrogens with zero attached hydrogens (tertiary/aromatic N) is 1. The number of carbonyl (C=O) groups is 2. The van der Waals surface area contributed by atoms with E-state index >= 15 is 0 Å². The van der Waals surface area contributed by atoms with Crippen molar-refractivity contribution in [2.45, 2.75) is 25.9 Å². The van der Waals surface area contributed by atoms with Gasteiger partial charge in [0.05, 0.1) is 5.69 Å². The second-order valence-corrected chi connectivity index (χ2v) is 6.82. The molecule has 0 aromatic heterocycles. The first-order valence-electron chi connectivity index (χ1n) is 9.24. The molecule has 2 aromatic rings. The van der Waals surface area contributed by atoms with Crippen LogP contribution < -0.4 is 10.1 Å². The number of phenolic OH excluding ortho intramolecular Hbond substituents is 1. The van der Waals surface area contributed by atoms with Gasteiger partial charge in [0.15, 0.2) is 6.10 Å². The number of amides is 2. The van der Waals surface area contributed by atoms with E-state index in [9.17, 15) is 19.1 Å². The molecule has 2 amide bonds. The highest BCUT2D eigenvalue weighted by Gasteiger charge is 2.30. The van der Waals surface area contributed by atoms with E-state index in [1.54, 1.807) is 30.0 Å². The molecule has 1 saturated heterocycles. The highest BCUT2D eigenvalue weighted by molar-refractivity contribution is 5.94. The molecular formula is C21H23FN2O4. The summed E-state index contributed by atoms with van der Waals surface area (Å²) in [6, 6.07) is 12.1. The number of hydrogen-bond acceptors (Lipinski definition) is 4. The molecule has 1 fully saturated rings. The minimum absolute atomic E-state index is 0.0234. The summed E-state index contributed by atoms with van der Waals surface area (Å²) in [4.78, 5) is 26.7. The average molecular weight is 386 g/mol. The van der Waals surface area contributed by atoms with Crippen molar-refractivity contribution in [2.75, 3.05) is 18.4 Å². The van der Waals surface area contributed by atoms with Gasteiger partial charge in [-0.25, -0.2) is 4.39 Å². The van der Waals surface area contributed by atoms with Crippen molar-refractivity contribution >= 4 is 17.5 Å². The van der Waals surface area contributed by atoms with E-state index < -0.39 is 6.10 Å². The first-order valence-corrected chi connectivity index (χ1v) is 9.24. The Morgan fingerprint density at radius 2 is 1.79 bits per heavy atom. The average Bonchev–Trinajstić information content (AvgIpc) is 2.71. The molecule has 1 aliphatic rings. The van der Waals surface area contributed by atoms with Crippen LogP contribution >= 0.6 is 0 Å². The number of hydrogen-bond donors (Lipinski definition) is 2. The number of aromatic hydroxyl groups is 1. The maximum Gasteiger partial charge on any atom is 0.263 e. The number of para-hydroxylation sites is 2. The Hall–Kier alpha value is -3.09. The van der Waals surface area contributed by atoms with Crippen molar-refractivity contribution in [3.05, 3.63) is 54.3 Å². The van der Waals surface area contributed by atoms with Gasteiger partial charge in [-0.1, -0.05) is 12.1 Å².